The Kier molecular flexibility index (Phi) is 4.59. The zero-order valence-electron chi connectivity index (χ0n) is 11.8. The summed E-state index contributed by atoms with van der Waals surface area (Å²) < 4.78 is 5.80. The van der Waals surface area contributed by atoms with Gasteiger partial charge >= 0.3 is 0 Å². The van der Waals surface area contributed by atoms with Gasteiger partial charge in [-0.15, -0.1) is 0 Å². The zero-order chi connectivity index (χ0) is 14.5. The molecular formula is C15H16BN3O. The molecule has 0 N–H and O–H groups in total. The SMILES string of the molecule is Cc1ccc2oc(C3=CCCN(C)C3)nc2c1.[B]C#N. The Hall–Kier alpha value is -2.06. The first kappa shape index (κ1) is 14.4. The number of aryl methyl sites for hydroxylation is 1. The molecule has 1 aromatic heterocycles. The van der Waals surface area contributed by atoms with E-state index in [0.29, 0.717) is 0 Å². The van der Waals surface area contributed by atoms with Crippen molar-refractivity contribution in [2.45, 2.75) is 13.3 Å². The lowest BCUT2D eigenvalue weighted by molar-refractivity contribution is 0.368. The second kappa shape index (κ2) is 6.40. The molecule has 3 rings (SSSR count). The van der Waals surface area contributed by atoms with Crippen LogP contribution < -0.4 is 0 Å². The van der Waals surface area contributed by atoms with Crippen LogP contribution in [0.25, 0.3) is 16.7 Å². The minimum atomic E-state index is 0.775. The summed E-state index contributed by atoms with van der Waals surface area (Å²) in [6.45, 7) is 4.11. The third kappa shape index (κ3) is 3.28. The molecule has 100 valence electrons. The summed E-state index contributed by atoms with van der Waals surface area (Å²) in [7, 11) is 6.28. The fourth-order valence-electron chi connectivity index (χ4n) is 2.22. The Morgan fingerprint density at radius 3 is 2.90 bits per heavy atom. The van der Waals surface area contributed by atoms with E-state index in [2.05, 4.69) is 49.9 Å². The Morgan fingerprint density at radius 1 is 1.45 bits per heavy atom. The maximum Gasteiger partial charge on any atom is 0.229 e. The van der Waals surface area contributed by atoms with Crippen LogP contribution in [-0.2, 0) is 0 Å². The van der Waals surface area contributed by atoms with Gasteiger partial charge in [0.2, 0.25) is 13.7 Å². The first-order chi connectivity index (χ1) is 9.63. The predicted molar refractivity (Wildman–Crippen MR) is 80.2 cm³/mol. The number of oxazole rings is 1. The molecule has 5 heteroatoms. The van der Waals surface area contributed by atoms with E-state index in [9.17, 15) is 0 Å². The molecule has 0 fully saturated rings. The van der Waals surface area contributed by atoms with Crippen molar-refractivity contribution in [2.24, 2.45) is 0 Å². The standard InChI is InChI=1S/C14H16N2O.CBN/c1-10-5-6-13-12(8-10)15-14(17-13)11-4-3-7-16(2)9-11;2-1-3/h4-6,8H,3,7,9H2,1-2H3;. The normalized spacial score (nSPS) is 15.2. The number of nitriles is 1. The van der Waals surface area contributed by atoms with Gasteiger partial charge in [0.1, 0.15) is 5.52 Å². The van der Waals surface area contributed by atoms with E-state index in [1.807, 2.05) is 6.07 Å². The number of likely N-dealkylation sites (N-methyl/N-ethyl adjacent to an activating group) is 1. The summed E-state index contributed by atoms with van der Waals surface area (Å²) in [5, 5.41) is 7.10. The quantitative estimate of drug-likeness (QED) is 0.743. The molecule has 0 unspecified atom stereocenters. The molecule has 2 heterocycles. The molecule has 1 aliphatic heterocycles. The van der Waals surface area contributed by atoms with Crippen molar-refractivity contribution < 1.29 is 4.42 Å². The molecule has 1 aliphatic rings. The highest BCUT2D eigenvalue weighted by molar-refractivity contribution is 6.20. The van der Waals surface area contributed by atoms with E-state index in [4.69, 9.17) is 9.68 Å². The van der Waals surface area contributed by atoms with Gasteiger partial charge in [0, 0.05) is 18.7 Å². The van der Waals surface area contributed by atoms with Gasteiger partial charge in [-0.25, -0.2) is 10.2 Å². The smallest absolute Gasteiger partial charge is 0.229 e. The van der Waals surface area contributed by atoms with Crippen LogP contribution in [0, 0.1) is 18.2 Å². The van der Waals surface area contributed by atoms with Crippen molar-refractivity contribution in [1.82, 2.24) is 9.88 Å². The Labute approximate surface area is 120 Å². The number of fused-ring (bicyclic) bond motifs is 1. The van der Waals surface area contributed by atoms with Crippen LogP contribution in [0.4, 0.5) is 0 Å². The number of nitrogens with zero attached hydrogens (tertiary/aromatic N) is 3. The Bertz CT molecular complexity index is 669. The molecule has 2 radical (unpaired) electrons. The van der Waals surface area contributed by atoms with E-state index < -0.39 is 0 Å². The summed E-state index contributed by atoms with van der Waals surface area (Å²) in [5.74, 6) is 2.03. The maximum atomic E-state index is 7.10. The molecule has 0 atom stereocenters. The van der Waals surface area contributed by atoms with Crippen molar-refractivity contribution in [3.05, 3.63) is 35.7 Å². The van der Waals surface area contributed by atoms with Crippen LogP contribution in [0.5, 0.6) is 0 Å². The minimum absolute atomic E-state index is 0.775. The molecular weight excluding hydrogens is 249 g/mol. The van der Waals surface area contributed by atoms with Gasteiger partial charge in [-0.2, -0.15) is 0 Å². The molecule has 0 saturated heterocycles. The molecule has 0 spiro atoms. The molecule has 0 aliphatic carbocycles. The zero-order valence-corrected chi connectivity index (χ0v) is 11.8. The number of hydrogen-bond donors (Lipinski definition) is 0. The third-order valence-electron chi connectivity index (χ3n) is 3.16. The van der Waals surface area contributed by atoms with Crippen molar-refractivity contribution in [3.8, 4) is 5.97 Å². The third-order valence-corrected chi connectivity index (χ3v) is 3.16. The highest BCUT2D eigenvalue weighted by Gasteiger charge is 2.15. The Balaban J connectivity index is 0.000000452. The van der Waals surface area contributed by atoms with E-state index in [-0.39, 0.29) is 0 Å². The molecule has 2 aromatic rings. The van der Waals surface area contributed by atoms with Gasteiger partial charge in [-0.3, -0.25) is 0 Å². The van der Waals surface area contributed by atoms with Crippen molar-refractivity contribution >= 4 is 24.5 Å². The number of aromatic nitrogens is 1. The van der Waals surface area contributed by atoms with Crippen LogP contribution in [0.3, 0.4) is 0 Å². The lowest BCUT2D eigenvalue weighted by Crippen LogP contribution is -2.24. The fraction of sp³-hybridized carbons (Fsp3) is 0.333. The van der Waals surface area contributed by atoms with Gasteiger partial charge in [-0.1, -0.05) is 12.1 Å². The van der Waals surface area contributed by atoms with Crippen molar-refractivity contribution in [2.75, 3.05) is 20.1 Å². The van der Waals surface area contributed by atoms with Crippen molar-refractivity contribution in [3.63, 3.8) is 0 Å². The van der Waals surface area contributed by atoms with Crippen LogP contribution in [0.1, 0.15) is 17.9 Å². The van der Waals surface area contributed by atoms with Crippen LogP contribution in [0.2, 0.25) is 0 Å². The number of benzene rings is 1. The molecule has 0 saturated carbocycles. The van der Waals surface area contributed by atoms with Crippen LogP contribution in [-0.4, -0.2) is 37.9 Å². The molecule has 20 heavy (non-hydrogen) atoms. The average molecular weight is 265 g/mol. The maximum absolute atomic E-state index is 7.10. The largest absolute Gasteiger partial charge is 0.436 e. The molecule has 4 nitrogen and oxygen atoms in total. The van der Waals surface area contributed by atoms with Crippen LogP contribution >= 0.6 is 0 Å². The lowest BCUT2D eigenvalue weighted by atomic mass is 10.1. The van der Waals surface area contributed by atoms with E-state index >= 15 is 0 Å². The topological polar surface area (TPSA) is 53.1 Å². The monoisotopic (exact) mass is 265 g/mol. The van der Waals surface area contributed by atoms with E-state index in [1.54, 1.807) is 0 Å². The van der Waals surface area contributed by atoms with Crippen LogP contribution in [0.15, 0.2) is 28.7 Å². The highest BCUT2D eigenvalue weighted by Crippen LogP contribution is 2.24. The summed E-state index contributed by atoms with van der Waals surface area (Å²) in [6, 6.07) is 6.11. The first-order valence-corrected chi connectivity index (χ1v) is 6.49. The highest BCUT2D eigenvalue weighted by atomic mass is 16.3. The molecule has 0 amide bonds. The van der Waals surface area contributed by atoms with Crippen molar-refractivity contribution in [1.29, 1.82) is 5.26 Å². The summed E-state index contributed by atoms with van der Waals surface area (Å²) >= 11 is 0. The first-order valence-electron chi connectivity index (χ1n) is 6.49. The summed E-state index contributed by atoms with van der Waals surface area (Å²) in [5.41, 5.74) is 4.24. The van der Waals surface area contributed by atoms with Gasteiger partial charge in [0.05, 0.1) is 0 Å². The number of hydrogen-bond acceptors (Lipinski definition) is 4. The molecule has 0 bridgehead atoms. The van der Waals surface area contributed by atoms with E-state index in [0.717, 1.165) is 36.5 Å². The second-order valence-electron chi connectivity index (χ2n) is 4.88. The number of rotatable bonds is 1. The summed E-state index contributed by atoms with van der Waals surface area (Å²) in [6.07, 6.45) is 3.31. The average Bonchev–Trinajstić information content (AvgIpc) is 2.82. The minimum Gasteiger partial charge on any atom is -0.436 e. The second-order valence-corrected chi connectivity index (χ2v) is 4.88. The van der Waals surface area contributed by atoms with Gasteiger partial charge in [-0.05, 0) is 44.1 Å². The van der Waals surface area contributed by atoms with Gasteiger partial charge < -0.3 is 9.32 Å². The summed E-state index contributed by atoms with van der Waals surface area (Å²) in [4.78, 5) is 6.86. The lowest BCUT2D eigenvalue weighted by Gasteiger charge is -2.20. The van der Waals surface area contributed by atoms with Gasteiger partial charge in [0.15, 0.2) is 5.58 Å². The Morgan fingerprint density at radius 2 is 2.20 bits per heavy atom. The molecule has 1 aromatic carbocycles. The van der Waals surface area contributed by atoms with Gasteiger partial charge in [0.25, 0.3) is 0 Å². The van der Waals surface area contributed by atoms with E-state index in [1.165, 1.54) is 17.1 Å². The fourth-order valence-corrected chi connectivity index (χ4v) is 2.22. The predicted octanol–water partition coefficient (Wildman–Crippen LogP) is 2.49.